The van der Waals surface area contributed by atoms with Crippen LogP contribution in [-0.4, -0.2) is 22.8 Å². The summed E-state index contributed by atoms with van der Waals surface area (Å²) in [6.45, 7) is 2.32. The topological polar surface area (TPSA) is 77.2 Å². The first-order valence-electron chi connectivity index (χ1n) is 7.30. The minimum absolute atomic E-state index is 0.230. The Morgan fingerprint density at radius 1 is 1.17 bits per heavy atom. The lowest BCUT2D eigenvalue weighted by atomic mass is 10.1. The second-order valence-electron chi connectivity index (χ2n) is 4.85. The van der Waals surface area contributed by atoms with Gasteiger partial charge in [-0.15, -0.1) is 0 Å². The Labute approximate surface area is 143 Å². The van der Waals surface area contributed by atoms with Crippen molar-refractivity contribution >= 4 is 23.3 Å². The van der Waals surface area contributed by atoms with E-state index in [4.69, 9.17) is 21.0 Å². The van der Waals surface area contributed by atoms with Crippen LogP contribution in [0.5, 0.6) is 5.75 Å². The summed E-state index contributed by atoms with van der Waals surface area (Å²) < 4.78 is 10.2. The van der Waals surface area contributed by atoms with Crippen LogP contribution in [0.1, 0.15) is 17.3 Å². The van der Waals surface area contributed by atoms with Gasteiger partial charge in [-0.2, -0.15) is 0 Å². The Hall–Kier alpha value is -2.86. The Bertz CT molecular complexity index is 846. The van der Waals surface area contributed by atoms with Crippen LogP contribution in [0.4, 0.5) is 5.82 Å². The van der Waals surface area contributed by atoms with Crippen LogP contribution in [0.25, 0.3) is 11.3 Å². The maximum absolute atomic E-state index is 12.5. The van der Waals surface area contributed by atoms with Gasteiger partial charge in [0.1, 0.15) is 5.75 Å². The Balaban J connectivity index is 1.86. The first-order valence-corrected chi connectivity index (χ1v) is 7.68. The van der Waals surface area contributed by atoms with Gasteiger partial charge in [0.2, 0.25) is 5.82 Å². The number of para-hydroxylation sites is 1. The molecule has 3 rings (SSSR count). The molecule has 0 aliphatic carbocycles. The van der Waals surface area contributed by atoms with Crippen molar-refractivity contribution in [2.75, 3.05) is 11.9 Å². The molecule has 0 bridgehead atoms. The van der Waals surface area contributed by atoms with E-state index in [-0.39, 0.29) is 11.7 Å². The molecule has 1 N–H and O–H groups in total. The summed E-state index contributed by atoms with van der Waals surface area (Å²) in [4.78, 5) is 12.5. The lowest BCUT2D eigenvalue weighted by Crippen LogP contribution is -2.14. The van der Waals surface area contributed by atoms with Gasteiger partial charge in [0.25, 0.3) is 5.91 Å². The minimum atomic E-state index is -0.357. The number of amides is 1. The van der Waals surface area contributed by atoms with E-state index in [1.165, 1.54) is 0 Å². The van der Waals surface area contributed by atoms with E-state index < -0.39 is 0 Å². The van der Waals surface area contributed by atoms with Crippen molar-refractivity contribution in [1.29, 1.82) is 0 Å². The number of aromatic nitrogens is 2. The zero-order valence-electron chi connectivity index (χ0n) is 12.8. The van der Waals surface area contributed by atoms with Crippen molar-refractivity contribution in [3.8, 4) is 17.0 Å². The summed E-state index contributed by atoms with van der Waals surface area (Å²) in [6.07, 6.45) is 0. The number of carbonyl (C=O) groups is 1. The summed E-state index contributed by atoms with van der Waals surface area (Å²) in [5.41, 5.74) is 1.56. The molecule has 6 nitrogen and oxygen atoms in total. The molecule has 0 atom stereocenters. The van der Waals surface area contributed by atoms with Crippen LogP contribution in [0, 0.1) is 0 Å². The first-order chi connectivity index (χ1) is 11.7. The highest BCUT2D eigenvalue weighted by Crippen LogP contribution is 2.27. The molecule has 122 valence electrons. The highest BCUT2D eigenvalue weighted by atomic mass is 35.5. The average Bonchev–Trinajstić information content (AvgIpc) is 3.04. The number of benzene rings is 2. The van der Waals surface area contributed by atoms with Crippen LogP contribution in [0.3, 0.4) is 0 Å². The third kappa shape index (κ3) is 3.38. The number of carbonyl (C=O) groups excluding carboxylic acids is 1. The first kappa shape index (κ1) is 16.0. The van der Waals surface area contributed by atoms with Gasteiger partial charge in [0, 0.05) is 10.6 Å². The number of hydrogen-bond donors (Lipinski definition) is 1. The lowest BCUT2D eigenvalue weighted by molar-refractivity contribution is 0.102. The van der Waals surface area contributed by atoms with Gasteiger partial charge in [-0.3, -0.25) is 4.79 Å². The molecule has 0 unspecified atom stereocenters. The van der Waals surface area contributed by atoms with Crippen molar-refractivity contribution in [2.45, 2.75) is 6.92 Å². The van der Waals surface area contributed by atoms with E-state index in [0.717, 1.165) is 5.56 Å². The third-order valence-electron chi connectivity index (χ3n) is 3.27. The lowest BCUT2D eigenvalue weighted by Gasteiger charge is -2.09. The van der Waals surface area contributed by atoms with Crippen LogP contribution >= 0.6 is 11.6 Å². The molecule has 24 heavy (non-hydrogen) atoms. The second-order valence-corrected chi connectivity index (χ2v) is 5.29. The highest BCUT2D eigenvalue weighted by Gasteiger charge is 2.18. The fraction of sp³-hybridized carbons (Fsp3) is 0.118. The molecule has 0 spiro atoms. The fourth-order valence-corrected chi connectivity index (χ4v) is 2.30. The predicted octanol–water partition coefficient (Wildman–Crippen LogP) is 4.04. The van der Waals surface area contributed by atoms with E-state index in [2.05, 4.69) is 15.6 Å². The number of hydrogen-bond acceptors (Lipinski definition) is 5. The fourth-order valence-electron chi connectivity index (χ4n) is 2.18. The van der Waals surface area contributed by atoms with Crippen molar-refractivity contribution in [3.05, 3.63) is 59.1 Å². The number of anilines is 1. The van der Waals surface area contributed by atoms with Crippen LogP contribution in [0.2, 0.25) is 5.02 Å². The molecule has 1 heterocycles. The second kappa shape index (κ2) is 7.14. The number of halogens is 1. The zero-order chi connectivity index (χ0) is 16.9. The van der Waals surface area contributed by atoms with E-state index in [1.807, 2.05) is 6.92 Å². The molecular weight excluding hydrogens is 330 g/mol. The predicted molar refractivity (Wildman–Crippen MR) is 90.3 cm³/mol. The van der Waals surface area contributed by atoms with E-state index in [0.29, 0.717) is 28.6 Å². The van der Waals surface area contributed by atoms with Crippen molar-refractivity contribution < 1.29 is 14.2 Å². The van der Waals surface area contributed by atoms with Gasteiger partial charge in [-0.05, 0) is 41.5 Å². The van der Waals surface area contributed by atoms with Gasteiger partial charge in [-0.1, -0.05) is 35.9 Å². The third-order valence-corrected chi connectivity index (χ3v) is 3.52. The smallest absolute Gasteiger partial charge is 0.260 e. The maximum atomic E-state index is 12.5. The number of nitrogens with one attached hydrogen (secondary N) is 1. The van der Waals surface area contributed by atoms with E-state index in [1.54, 1.807) is 48.5 Å². The summed E-state index contributed by atoms with van der Waals surface area (Å²) in [6, 6.07) is 14.0. The van der Waals surface area contributed by atoms with Crippen molar-refractivity contribution in [1.82, 2.24) is 10.3 Å². The molecule has 0 aliphatic rings. The standard InChI is InChI=1S/C17H14ClN3O3/c1-2-23-14-6-4-3-5-13(14)17(22)19-16-15(20-24-21-16)11-7-9-12(18)10-8-11/h3-10H,2H2,1H3,(H,19,21,22). The van der Waals surface area contributed by atoms with Crippen LogP contribution in [0.15, 0.2) is 53.2 Å². The Morgan fingerprint density at radius 3 is 2.67 bits per heavy atom. The van der Waals surface area contributed by atoms with E-state index in [9.17, 15) is 4.79 Å². The van der Waals surface area contributed by atoms with Crippen molar-refractivity contribution in [2.24, 2.45) is 0 Å². The molecule has 3 aromatic rings. The minimum Gasteiger partial charge on any atom is -0.493 e. The summed E-state index contributed by atoms with van der Waals surface area (Å²) in [5.74, 6) is 0.376. The molecular formula is C17H14ClN3O3. The Kier molecular flexibility index (Phi) is 4.77. The monoisotopic (exact) mass is 343 g/mol. The number of nitrogens with zero attached hydrogens (tertiary/aromatic N) is 2. The molecule has 0 radical (unpaired) electrons. The quantitative estimate of drug-likeness (QED) is 0.756. The van der Waals surface area contributed by atoms with E-state index >= 15 is 0 Å². The molecule has 7 heteroatoms. The highest BCUT2D eigenvalue weighted by molar-refractivity contribution is 6.30. The Morgan fingerprint density at radius 2 is 1.92 bits per heavy atom. The normalized spacial score (nSPS) is 10.4. The number of rotatable bonds is 5. The van der Waals surface area contributed by atoms with Crippen molar-refractivity contribution in [3.63, 3.8) is 0 Å². The van der Waals surface area contributed by atoms with Gasteiger partial charge < -0.3 is 10.1 Å². The van der Waals surface area contributed by atoms with Gasteiger partial charge in [0.05, 0.1) is 12.2 Å². The summed E-state index contributed by atoms with van der Waals surface area (Å²) in [5, 5.41) is 10.9. The summed E-state index contributed by atoms with van der Waals surface area (Å²) in [7, 11) is 0. The molecule has 0 saturated carbocycles. The van der Waals surface area contributed by atoms with Crippen LogP contribution < -0.4 is 10.1 Å². The molecule has 1 aromatic heterocycles. The van der Waals surface area contributed by atoms with Gasteiger partial charge in [0.15, 0.2) is 5.69 Å². The molecule has 0 saturated heterocycles. The zero-order valence-corrected chi connectivity index (χ0v) is 13.6. The molecule has 1 amide bonds. The molecule has 0 fully saturated rings. The number of ether oxygens (including phenoxy) is 1. The van der Waals surface area contributed by atoms with Gasteiger partial charge >= 0.3 is 0 Å². The largest absolute Gasteiger partial charge is 0.493 e. The average molecular weight is 344 g/mol. The van der Waals surface area contributed by atoms with Gasteiger partial charge in [-0.25, -0.2) is 4.63 Å². The summed E-state index contributed by atoms with van der Waals surface area (Å²) >= 11 is 5.88. The maximum Gasteiger partial charge on any atom is 0.260 e. The molecule has 2 aromatic carbocycles. The van der Waals surface area contributed by atoms with Crippen LogP contribution in [-0.2, 0) is 0 Å². The SMILES string of the molecule is CCOc1ccccc1C(=O)Nc1nonc1-c1ccc(Cl)cc1. The molecule has 0 aliphatic heterocycles.